The maximum Gasteiger partial charge on any atom is 0.248 e. The van der Waals surface area contributed by atoms with Crippen LogP contribution in [0.4, 0.5) is 0 Å². The summed E-state index contributed by atoms with van der Waals surface area (Å²) in [4.78, 5) is 27.6. The molecule has 1 unspecified atom stereocenters. The van der Waals surface area contributed by atoms with E-state index in [1.165, 1.54) is 0 Å². The monoisotopic (exact) mass is 280 g/mol. The van der Waals surface area contributed by atoms with Crippen molar-refractivity contribution in [2.24, 2.45) is 5.92 Å². The van der Waals surface area contributed by atoms with E-state index in [0.29, 0.717) is 6.54 Å². The van der Waals surface area contributed by atoms with E-state index >= 15 is 0 Å². The molecule has 4 nitrogen and oxygen atoms in total. The number of nitrogens with one attached hydrogen (secondary N) is 1. The molecule has 1 aromatic heterocycles. The Morgan fingerprint density at radius 1 is 1.42 bits per heavy atom. The fourth-order valence-electron chi connectivity index (χ4n) is 2.47. The van der Waals surface area contributed by atoms with Crippen LogP contribution in [0.15, 0.2) is 17.5 Å². The number of amides is 2. The van der Waals surface area contributed by atoms with Crippen LogP contribution in [0.1, 0.15) is 32.6 Å². The van der Waals surface area contributed by atoms with Crippen molar-refractivity contribution in [3.8, 4) is 0 Å². The van der Waals surface area contributed by atoms with Crippen LogP contribution >= 0.6 is 11.3 Å². The zero-order valence-corrected chi connectivity index (χ0v) is 12.6. The molecule has 0 bridgehead atoms. The van der Waals surface area contributed by atoms with Crippen molar-refractivity contribution in [1.29, 1.82) is 0 Å². The standard InChI is InChI=1S/C14H20N2O2S/c1-9(2)11-12(17)15-14(3,4)13(18)16(11)8-10-6-5-7-19-10/h5-7,9,11H,8H2,1-4H3,(H,15,17). The van der Waals surface area contributed by atoms with E-state index in [1.54, 1.807) is 30.1 Å². The molecule has 0 aromatic carbocycles. The van der Waals surface area contributed by atoms with Crippen LogP contribution in [0.25, 0.3) is 0 Å². The zero-order chi connectivity index (χ0) is 14.2. The van der Waals surface area contributed by atoms with Crippen molar-refractivity contribution >= 4 is 23.2 Å². The second-order valence-electron chi connectivity index (χ2n) is 5.82. The number of thiophene rings is 1. The molecule has 5 heteroatoms. The maximum absolute atomic E-state index is 12.5. The molecule has 2 rings (SSSR count). The van der Waals surface area contributed by atoms with E-state index in [1.807, 2.05) is 31.4 Å². The van der Waals surface area contributed by atoms with Gasteiger partial charge >= 0.3 is 0 Å². The van der Waals surface area contributed by atoms with Gasteiger partial charge in [-0.3, -0.25) is 9.59 Å². The highest BCUT2D eigenvalue weighted by molar-refractivity contribution is 7.09. The number of carbonyl (C=O) groups is 2. The van der Waals surface area contributed by atoms with Gasteiger partial charge in [0.25, 0.3) is 0 Å². The lowest BCUT2D eigenvalue weighted by molar-refractivity contribution is -0.156. The molecule has 104 valence electrons. The summed E-state index contributed by atoms with van der Waals surface area (Å²) in [5, 5.41) is 4.81. The number of rotatable bonds is 3. The van der Waals surface area contributed by atoms with Crippen LogP contribution in [0.5, 0.6) is 0 Å². The zero-order valence-electron chi connectivity index (χ0n) is 11.8. The molecule has 19 heavy (non-hydrogen) atoms. The molecule has 1 aromatic rings. The van der Waals surface area contributed by atoms with Gasteiger partial charge in [-0.2, -0.15) is 0 Å². The summed E-state index contributed by atoms with van der Waals surface area (Å²) >= 11 is 1.61. The number of hydrogen-bond donors (Lipinski definition) is 1. The molecule has 1 atom stereocenters. The summed E-state index contributed by atoms with van der Waals surface area (Å²) < 4.78 is 0. The van der Waals surface area contributed by atoms with Crippen molar-refractivity contribution < 1.29 is 9.59 Å². The fraction of sp³-hybridized carbons (Fsp3) is 0.571. The van der Waals surface area contributed by atoms with Gasteiger partial charge in [0.15, 0.2) is 0 Å². The average Bonchev–Trinajstić information content (AvgIpc) is 2.77. The van der Waals surface area contributed by atoms with Gasteiger partial charge in [0, 0.05) is 4.88 Å². The smallest absolute Gasteiger partial charge is 0.248 e. The van der Waals surface area contributed by atoms with Crippen LogP contribution in [0, 0.1) is 5.92 Å². The van der Waals surface area contributed by atoms with E-state index in [2.05, 4.69) is 5.32 Å². The van der Waals surface area contributed by atoms with Gasteiger partial charge in [-0.05, 0) is 31.2 Å². The van der Waals surface area contributed by atoms with Crippen LogP contribution in [-0.4, -0.2) is 28.3 Å². The molecule has 1 fully saturated rings. The lowest BCUT2D eigenvalue weighted by Gasteiger charge is -2.44. The highest BCUT2D eigenvalue weighted by atomic mass is 32.1. The van der Waals surface area contributed by atoms with Crippen molar-refractivity contribution in [3.63, 3.8) is 0 Å². The topological polar surface area (TPSA) is 49.4 Å². The molecule has 1 N–H and O–H groups in total. The van der Waals surface area contributed by atoms with Gasteiger partial charge in [-0.1, -0.05) is 19.9 Å². The summed E-state index contributed by atoms with van der Waals surface area (Å²) in [6.45, 7) is 7.96. The minimum atomic E-state index is -0.820. The van der Waals surface area contributed by atoms with Gasteiger partial charge in [0.1, 0.15) is 11.6 Å². The molecule has 1 aliphatic rings. The first-order valence-corrected chi connectivity index (χ1v) is 7.36. The lowest BCUT2D eigenvalue weighted by Crippen LogP contribution is -2.68. The van der Waals surface area contributed by atoms with Crippen LogP contribution in [0.2, 0.25) is 0 Å². The molecule has 1 aliphatic heterocycles. The highest BCUT2D eigenvalue weighted by Gasteiger charge is 2.46. The van der Waals surface area contributed by atoms with E-state index in [0.717, 1.165) is 4.88 Å². The summed E-state index contributed by atoms with van der Waals surface area (Å²) in [6.07, 6.45) is 0. The van der Waals surface area contributed by atoms with Gasteiger partial charge in [-0.15, -0.1) is 11.3 Å². The number of piperazine rings is 1. The second-order valence-corrected chi connectivity index (χ2v) is 6.85. The molecular formula is C14H20N2O2S. The maximum atomic E-state index is 12.5. The lowest BCUT2D eigenvalue weighted by atomic mass is 9.91. The molecule has 0 saturated carbocycles. The average molecular weight is 280 g/mol. The van der Waals surface area contributed by atoms with E-state index in [9.17, 15) is 9.59 Å². The Morgan fingerprint density at radius 2 is 2.11 bits per heavy atom. The van der Waals surface area contributed by atoms with Crippen molar-refractivity contribution in [2.45, 2.75) is 45.8 Å². The molecule has 2 amide bonds. The minimum absolute atomic E-state index is 0.0146. The third kappa shape index (κ3) is 2.66. The van der Waals surface area contributed by atoms with Gasteiger partial charge < -0.3 is 10.2 Å². The first-order chi connectivity index (χ1) is 8.83. The molecule has 0 radical (unpaired) electrons. The van der Waals surface area contributed by atoms with Crippen molar-refractivity contribution in [2.75, 3.05) is 0 Å². The van der Waals surface area contributed by atoms with E-state index < -0.39 is 5.54 Å². The quantitative estimate of drug-likeness (QED) is 0.920. The Balaban J connectivity index is 2.32. The fourth-order valence-corrected chi connectivity index (χ4v) is 3.17. The first kappa shape index (κ1) is 14.1. The largest absolute Gasteiger partial charge is 0.340 e. The van der Waals surface area contributed by atoms with E-state index in [4.69, 9.17) is 0 Å². The SMILES string of the molecule is CC(C)C1C(=O)NC(C)(C)C(=O)N1Cc1cccs1. The Bertz CT molecular complexity index is 480. The molecule has 1 saturated heterocycles. The molecule has 2 heterocycles. The third-order valence-electron chi connectivity index (χ3n) is 3.37. The van der Waals surface area contributed by atoms with Crippen molar-refractivity contribution in [1.82, 2.24) is 10.2 Å². The predicted molar refractivity (Wildman–Crippen MR) is 75.7 cm³/mol. The van der Waals surface area contributed by atoms with Crippen LogP contribution in [0.3, 0.4) is 0 Å². The Labute approximate surface area is 117 Å². The summed E-state index contributed by atoms with van der Waals surface area (Å²) in [5.41, 5.74) is -0.820. The van der Waals surface area contributed by atoms with Crippen LogP contribution in [-0.2, 0) is 16.1 Å². The third-order valence-corrected chi connectivity index (χ3v) is 4.23. The molecule has 0 spiro atoms. The predicted octanol–water partition coefficient (Wildman–Crippen LogP) is 2.01. The van der Waals surface area contributed by atoms with Gasteiger partial charge in [-0.25, -0.2) is 0 Å². The Kier molecular flexibility index (Phi) is 3.67. The highest BCUT2D eigenvalue weighted by Crippen LogP contribution is 2.25. The van der Waals surface area contributed by atoms with Crippen LogP contribution < -0.4 is 5.32 Å². The molecule has 0 aliphatic carbocycles. The summed E-state index contributed by atoms with van der Waals surface area (Å²) in [6, 6.07) is 3.57. The Hall–Kier alpha value is -1.36. The van der Waals surface area contributed by atoms with Gasteiger partial charge in [0.05, 0.1) is 6.54 Å². The van der Waals surface area contributed by atoms with Crippen molar-refractivity contribution in [3.05, 3.63) is 22.4 Å². The summed E-state index contributed by atoms with van der Waals surface area (Å²) in [7, 11) is 0. The number of carbonyl (C=O) groups excluding carboxylic acids is 2. The number of hydrogen-bond acceptors (Lipinski definition) is 3. The normalized spacial score (nSPS) is 22.8. The number of nitrogens with zero attached hydrogens (tertiary/aromatic N) is 1. The van der Waals surface area contributed by atoms with E-state index in [-0.39, 0.29) is 23.8 Å². The first-order valence-electron chi connectivity index (χ1n) is 6.48. The second kappa shape index (κ2) is 4.96. The summed E-state index contributed by atoms with van der Waals surface area (Å²) in [5.74, 6) is 0.0235. The van der Waals surface area contributed by atoms with Gasteiger partial charge in [0.2, 0.25) is 11.8 Å². The minimum Gasteiger partial charge on any atom is -0.340 e. The molecular weight excluding hydrogens is 260 g/mol. The Morgan fingerprint density at radius 3 is 2.63 bits per heavy atom.